The lowest BCUT2D eigenvalue weighted by Gasteiger charge is -2.06. The Morgan fingerprint density at radius 3 is 1.95 bits per heavy atom. The molecule has 0 radical (unpaired) electrons. The fourth-order valence-corrected chi connectivity index (χ4v) is 2.19. The maximum absolute atomic E-state index is 7.02. The van der Waals surface area contributed by atoms with Crippen LogP contribution < -0.4 is 22.1 Å². The van der Waals surface area contributed by atoms with Gasteiger partial charge in [-0.3, -0.25) is 10.4 Å². The van der Waals surface area contributed by atoms with Crippen LogP contribution >= 0.6 is 0 Å². The number of guanidine groups is 2. The normalized spacial score (nSPS) is 11.4. The summed E-state index contributed by atoms with van der Waals surface area (Å²) in [5.41, 5.74) is 11.0. The minimum absolute atomic E-state index is 0.0272. The first-order valence-corrected chi connectivity index (χ1v) is 8.78. The fraction of sp³-hybridized carbons (Fsp3) is 0.875. The summed E-state index contributed by atoms with van der Waals surface area (Å²) < 4.78 is 0. The van der Waals surface area contributed by atoms with Gasteiger partial charge >= 0.3 is 0 Å². The number of rotatable bonds is 14. The Hall–Kier alpha value is -1.46. The smallest absolute Gasteiger partial charge is 0.188 e. The second kappa shape index (κ2) is 15.9. The summed E-state index contributed by atoms with van der Waals surface area (Å²) in [6.45, 7) is 4.61. The molecule has 0 saturated heterocycles. The van der Waals surface area contributed by atoms with Crippen LogP contribution in [0.25, 0.3) is 0 Å². The molecule has 0 spiro atoms. The van der Waals surface area contributed by atoms with Gasteiger partial charge in [0.15, 0.2) is 11.9 Å². The third-order valence-electron chi connectivity index (χ3n) is 3.52. The Balaban J connectivity index is 3.29. The molecule has 22 heavy (non-hydrogen) atoms. The van der Waals surface area contributed by atoms with Gasteiger partial charge in [-0.1, -0.05) is 51.9 Å². The van der Waals surface area contributed by atoms with Gasteiger partial charge in [-0.25, -0.2) is 0 Å². The second-order valence-electron chi connectivity index (χ2n) is 5.72. The van der Waals surface area contributed by atoms with Gasteiger partial charge in [0, 0.05) is 19.6 Å². The molecule has 0 amide bonds. The highest BCUT2D eigenvalue weighted by atomic mass is 15.1. The van der Waals surface area contributed by atoms with Crippen molar-refractivity contribution in [1.82, 2.24) is 10.6 Å². The van der Waals surface area contributed by atoms with Gasteiger partial charge < -0.3 is 22.1 Å². The number of unbranched alkanes of at least 4 members (excludes halogenated alkanes) is 8. The Bertz CT molecular complexity index is 290. The quantitative estimate of drug-likeness (QED) is 0.192. The van der Waals surface area contributed by atoms with E-state index in [9.17, 15) is 0 Å². The molecule has 130 valence electrons. The molecule has 0 aliphatic rings. The number of aliphatic imine (C=N–C) groups is 1. The Kier molecular flexibility index (Phi) is 14.9. The molecule has 0 rings (SSSR count). The summed E-state index contributed by atoms with van der Waals surface area (Å²) in [6, 6.07) is 0. The second-order valence-corrected chi connectivity index (χ2v) is 5.72. The highest BCUT2D eigenvalue weighted by Crippen LogP contribution is 2.08. The molecule has 0 aromatic rings. The number of nitrogens with one attached hydrogen (secondary N) is 3. The lowest BCUT2D eigenvalue weighted by molar-refractivity contribution is 0.578. The molecule has 0 heterocycles. The van der Waals surface area contributed by atoms with Crippen LogP contribution in [0.15, 0.2) is 4.99 Å². The van der Waals surface area contributed by atoms with Crippen LogP contribution in [0.3, 0.4) is 0 Å². The third-order valence-corrected chi connectivity index (χ3v) is 3.52. The Morgan fingerprint density at radius 1 is 0.818 bits per heavy atom. The summed E-state index contributed by atoms with van der Waals surface area (Å²) in [4.78, 5) is 4.33. The van der Waals surface area contributed by atoms with Crippen molar-refractivity contribution >= 4 is 11.9 Å². The first kappa shape index (κ1) is 20.5. The van der Waals surface area contributed by atoms with E-state index < -0.39 is 0 Å². The molecule has 0 unspecified atom stereocenters. The minimum atomic E-state index is 0.0272. The molecule has 6 nitrogen and oxygen atoms in total. The average molecular weight is 313 g/mol. The first-order chi connectivity index (χ1) is 10.7. The SMILES string of the molecule is CCCCCCCCCCN=C(N)NCCCCNC(=N)N. The maximum Gasteiger partial charge on any atom is 0.188 e. The maximum atomic E-state index is 7.02. The number of hydrogen-bond acceptors (Lipinski definition) is 2. The van der Waals surface area contributed by atoms with Crippen molar-refractivity contribution in [3.63, 3.8) is 0 Å². The number of hydrogen-bond donors (Lipinski definition) is 5. The fourth-order valence-electron chi connectivity index (χ4n) is 2.19. The van der Waals surface area contributed by atoms with Gasteiger partial charge in [0.05, 0.1) is 0 Å². The summed E-state index contributed by atoms with van der Waals surface area (Å²) in [6.07, 6.45) is 12.4. The van der Waals surface area contributed by atoms with Gasteiger partial charge in [-0.05, 0) is 19.3 Å². The van der Waals surface area contributed by atoms with Crippen LogP contribution in [-0.4, -0.2) is 31.6 Å². The summed E-state index contributed by atoms with van der Waals surface area (Å²) in [5, 5.41) is 12.9. The zero-order chi connectivity index (χ0) is 16.5. The Labute approximate surface area is 136 Å². The van der Waals surface area contributed by atoms with Crippen LogP contribution in [0, 0.1) is 5.41 Å². The van der Waals surface area contributed by atoms with E-state index in [1.165, 1.54) is 44.9 Å². The van der Waals surface area contributed by atoms with Crippen LogP contribution in [0.5, 0.6) is 0 Å². The van der Waals surface area contributed by atoms with E-state index in [1.54, 1.807) is 0 Å². The van der Waals surface area contributed by atoms with Crippen LogP contribution in [0.4, 0.5) is 0 Å². The van der Waals surface area contributed by atoms with Crippen LogP contribution in [0.1, 0.15) is 71.1 Å². The van der Waals surface area contributed by atoms with E-state index in [1.807, 2.05) is 0 Å². The van der Waals surface area contributed by atoms with Crippen LogP contribution in [0.2, 0.25) is 0 Å². The molecule has 0 aromatic heterocycles. The minimum Gasteiger partial charge on any atom is -0.370 e. The number of nitrogens with zero attached hydrogens (tertiary/aromatic N) is 1. The predicted molar refractivity (Wildman–Crippen MR) is 96.3 cm³/mol. The molecule has 0 aliphatic carbocycles. The lowest BCUT2D eigenvalue weighted by Crippen LogP contribution is -2.34. The largest absolute Gasteiger partial charge is 0.370 e. The molecule has 0 aliphatic heterocycles. The van der Waals surface area contributed by atoms with Crippen molar-refractivity contribution in [2.75, 3.05) is 19.6 Å². The van der Waals surface area contributed by atoms with Crippen molar-refractivity contribution in [1.29, 1.82) is 5.41 Å². The first-order valence-electron chi connectivity index (χ1n) is 8.78. The standard InChI is InChI=1S/C16H36N6/c1-2-3-4-5-6-7-8-9-13-21-16(19)22-14-11-10-12-20-15(17)18/h2-14H2,1H3,(H4,17,18,20)(H3,19,21,22). The third kappa shape index (κ3) is 16.6. The predicted octanol–water partition coefficient (Wildman–Crippen LogP) is 2.29. The van der Waals surface area contributed by atoms with E-state index in [0.717, 1.165) is 38.9 Å². The van der Waals surface area contributed by atoms with Gasteiger partial charge in [0.1, 0.15) is 0 Å². The van der Waals surface area contributed by atoms with Crippen molar-refractivity contribution < 1.29 is 0 Å². The van der Waals surface area contributed by atoms with E-state index >= 15 is 0 Å². The zero-order valence-electron chi connectivity index (χ0n) is 14.3. The molecule has 0 aromatic carbocycles. The molecule has 0 atom stereocenters. The monoisotopic (exact) mass is 312 g/mol. The summed E-state index contributed by atoms with van der Waals surface area (Å²) >= 11 is 0. The summed E-state index contributed by atoms with van der Waals surface area (Å²) in [7, 11) is 0. The molecule has 6 heteroatoms. The molecular formula is C16H36N6. The van der Waals surface area contributed by atoms with Gasteiger partial charge in [0.25, 0.3) is 0 Å². The van der Waals surface area contributed by atoms with Crippen molar-refractivity contribution in [2.45, 2.75) is 71.1 Å². The Morgan fingerprint density at radius 2 is 1.36 bits per heavy atom. The van der Waals surface area contributed by atoms with E-state index in [-0.39, 0.29) is 5.96 Å². The molecule has 0 bridgehead atoms. The molecule has 7 N–H and O–H groups in total. The topological polar surface area (TPSA) is 112 Å². The van der Waals surface area contributed by atoms with E-state index in [4.69, 9.17) is 16.9 Å². The van der Waals surface area contributed by atoms with Gasteiger partial charge in [0.2, 0.25) is 0 Å². The van der Waals surface area contributed by atoms with Gasteiger partial charge in [-0.2, -0.15) is 0 Å². The summed E-state index contributed by atoms with van der Waals surface area (Å²) in [5.74, 6) is 0.571. The molecule has 0 saturated carbocycles. The highest BCUT2D eigenvalue weighted by Gasteiger charge is 1.94. The zero-order valence-corrected chi connectivity index (χ0v) is 14.3. The van der Waals surface area contributed by atoms with Gasteiger partial charge in [-0.15, -0.1) is 0 Å². The average Bonchev–Trinajstić information content (AvgIpc) is 2.48. The van der Waals surface area contributed by atoms with Crippen molar-refractivity contribution in [3.05, 3.63) is 0 Å². The lowest BCUT2D eigenvalue weighted by atomic mass is 10.1. The molecule has 0 fully saturated rings. The van der Waals surface area contributed by atoms with Crippen molar-refractivity contribution in [2.24, 2.45) is 16.5 Å². The van der Waals surface area contributed by atoms with Crippen molar-refractivity contribution in [3.8, 4) is 0 Å². The van der Waals surface area contributed by atoms with E-state index in [0.29, 0.717) is 5.96 Å². The highest BCUT2D eigenvalue weighted by molar-refractivity contribution is 5.77. The molecular weight excluding hydrogens is 276 g/mol. The number of nitrogens with two attached hydrogens (primary N) is 2. The van der Waals surface area contributed by atoms with E-state index in [2.05, 4.69) is 22.5 Å². The van der Waals surface area contributed by atoms with Crippen LogP contribution in [-0.2, 0) is 0 Å².